The van der Waals surface area contributed by atoms with Gasteiger partial charge in [-0.2, -0.15) is 5.10 Å². The molecule has 0 saturated carbocycles. The number of hydrogen-bond acceptors (Lipinski definition) is 2. The number of aromatic amines is 1. The average Bonchev–Trinajstić information content (AvgIpc) is 2.48. The second-order valence-electron chi connectivity index (χ2n) is 3.08. The van der Waals surface area contributed by atoms with Gasteiger partial charge in [0, 0.05) is 17.7 Å². The van der Waals surface area contributed by atoms with Gasteiger partial charge >= 0.3 is 0 Å². The molecular formula is C9H16N4. The topological polar surface area (TPSA) is 67.1 Å². The van der Waals surface area contributed by atoms with Gasteiger partial charge in [0.2, 0.25) is 0 Å². The van der Waals surface area contributed by atoms with E-state index in [-0.39, 0.29) is 0 Å². The van der Waals surface area contributed by atoms with Crippen LogP contribution in [-0.2, 0) is 6.54 Å². The second kappa shape index (κ2) is 4.64. The van der Waals surface area contributed by atoms with Crippen LogP contribution in [0.25, 0.3) is 0 Å². The number of nitrogens with zero attached hydrogens (tertiary/aromatic N) is 2. The normalized spacial score (nSPS) is 12.0. The molecule has 0 atom stereocenters. The molecule has 3 N–H and O–H groups in total. The molecule has 0 spiro atoms. The van der Waals surface area contributed by atoms with Crippen molar-refractivity contribution in [1.82, 2.24) is 10.2 Å². The summed E-state index contributed by atoms with van der Waals surface area (Å²) < 4.78 is 0. The third kappa shape index (κ3) is 2.89. The fraction of sp³-hybridized carbons (Fsp3) is 0.556. The van der Waals surface area contributed by atoms with Crippen LogP contribution in [0, 0.1) is 6.92 Å². The maximum Gasteiger partial charge on any atom is 0.0941 e. The molecule has 1 aromatic rings. The summed E-state index contributed by atoms with van der Waals surface area (Å²) in [7, 11) is 0. The number of nitrogens with two attached hydrogens (primary N) is 1. The Bertz CT molecular complexity index is 288. The van der Waals surface area contributed by atoms with Crippen LogP contribution < -0.4 is 5.73 Å². The smallest absolute Gasteiger partial charge is 0.0941 e. The molecule has 72 valence electrons. The minimum Gasteiger partial charge on any atom is -0.387 e. The van der Waals surface area contributed by atoms with Gasteiger partial charge in [0.25, 0.3) is 0 Å². The van der Waals surface area contributed by atoms with Gasteiger partial charge in [-0.05, 0) is 13.3 Å². The number of nitrogens with one attached hydrogen (secondary N) is 1. The first-order valence-corrected chi connectivity index (χ1v) is 4.51. The predicted octanol–water partition coefficient (Wildman–Crippen LogP) is 1.38. The molecule has 0 amide bonds. The highest BCUT2D eigenvalue weighted by Crippen LogP contribution is 2.04. The van der Waals surface area contributed by atoms with Crippen LogP contribution in [0.1, 0.15) is 31.0 Å². The molecule has 0 aliphatic heterocycles. The lowest BCUT2D eigenvalue weighted by molar-refractivity contribution is 0.950. The highest BCUT2D eigenvalue weighted by atomic mass is 15.1. The number of rotatable bonds is 4. The Morgan fingerprint density at radius 2 is 2.46 bits per heavy atom. The maximum atomic E-state index is 5.67. The van der Waals surface area contributed by atoms with E-state index >= 15 is 0 Å². The zero-order valence-corrected chi connectivity index (χ0v) is 8.17. The molecule has 0 aromatic carbocycles. The Balaban J connectivity index is 2.51. The SMILES string of the molecule is CCCC(N)=NCc1cn[nH]c1C. The molecular weight excluding hydrogens is 164 g/mol. The van der Waals surface area contributed by atoms with Gasteiger partial charge in [-0.15, -0.1) is 0 Å². The summed E-state index contributed by atoms with van der Waals surface area (Å²) in [5.41, 5.74) is 7.84. The highest BCUT2D eigenvalue weighted by Gasteiger charge is 1.98. The van der Waals surface area contributed by atoms with Crippen LogP contribution in [0.15, 0.2) is 11.2 Å². The molecule has 1 rings (SSSR count). The van der Waals surface area contributed by atoms with Gasteiger partial charge in [-0.25, -0.2) is 0 Å². The highest BCUT2D eigenvalue weighted by molar-refractivity contribution is 5.80. The lowest BCUT2D eigenvalue weighted by Gasteiger charge is -1.97. The molecule has 0 bridgehead atoms. The maximum absolute atomic E-state index is 5.67. The van der Waals surface area contributed by atoms with Gasteiger partial charge in [-0.1, -0.05) is 6.92 Å². The van der Waals surface area contributed by atoms with Crippen LogP contribution in [0.5, 0.6) is 0 Å². The molecule has 0 radical (unpaired) electrons. The number of amidine groups is 1. The van der Waals surface area contributed by atoms with Gasteiger partial charge in [-0.3, -0.25) is 10.1 Å². The van der Waals surface area contributed by atoms with Gasteiger partial charge < -0.3 is 5.73 Å². The van der Waals surface area contributed by atoms with Crippen LogP contribution in [-0.4, -0.2) is 16.0 Å². The van der Waals surface area contributed by atoms with Crippen molar-refractivity contribution >= 4 is 5.84 Å². The van der Waals surface area contributed by atoms with Crippen molar-refractivity contribution in [3.8, 4) is 0 Å². The summed E-state index contributed by atoms with van der Waals surface area (Å²) in [6.45, 7) is 4.70. The Labute approximate surface area is 78.3 Å². The molecule has 13 heavy (non-hydrogen) atoms. The fourth-order valence-corrected chi connectivity index (χ4v) is 1.06. The molecule has 0 aliphatic rings. The van der Waals surface area contributed by atoms with E-state index in [2.05, 4.69) is 22.1 Å². The number of H-pyrrole nitrogens is 1. The van der Waals surface area contributed by atoms with Gasteiger partial charge in [0.15, 0.2) is 0 Å². The minimum absolute atomic E-state index is 0.633. The number of aromatic nitrogens is 2. The molecule has 4 nitrogen and oxygen atoms in total. The zero-order valence-electron chi connectivity index (χ0n) is 8.17. The summed E-state index contributed by atoms with van der Waals surface area (Å²) in [4.78, 5) is 4.25. The zero-order chi connectivity index (χ0) is 9.68. The van der Waals surface area contributed by atoms with E-state index in [0.717, 1.165) is 29.9 Å². The van der Waals surface area contributed by atoms with Crippen LogP contribution in [0.4, 0.5) is 0 Å². The van der Waals surface area contributed by atoms with E-state index in [0.29, 0.717) is 6.54 Å². The number of aryl methyl sites for hydroxylation is 1. The van der Waals surface area contributed by atoms with E-state index in [1.54, 1.807) is 6.20 Å². The molecule has 0 aliphatic carbocycles. The Hall–Kier alpha value is -1.32. The molecule has 0 unspecified atom stereocenters. The Morgan fingerprint density at radius 3 is 3.00 bits per heavy atom. The number of hydrogen-bond donors (Lipinski definition) is 2. The molecule has 1 aromatic heterocycles. The second-order valence-corrected chi connectivity index (χ2v) is 3.08. The Morgan fingerprint density at radius 1 is 1.69 bits per heavy atom. The van der Waals surface area contributed by atoms with Crippen LogP contribution in [0.2, 0.25) is 0 Å². The van der Waals surface area contributed by atoms with Crippen LogP contribution >= 0.6 is 0 Å². The third-order valence-corrected chi connectivity index (χ3v) is 1.89. The van der Waals surface area contributed by atoms with Crippen molar-refractivity contribution < 1.29 is 0 Å². The Kier molecular flexibility index (Phi) is 3.49. The van der Waals surface area contributed by atoms with Crippen molar-refractivity contribution in [3.05, 3.63) is 17.5 Å². The average molecular weight is 180 g/mol. The van der Waals surface area contributed by atoms with E-state index in [1.165, 1.54) is 0 Å². The van der Waals surface area contributed by atoms with E-state index in [9.17, 15) is 0 Å². The third-order valence-electron chi connectivity index (χ3n) is 1.89. The van der Waals surface area contributed by atoms with Crippen molar-refractivity contribution in [2.24, 2.45) is 10.7 Å². The van der Waals surface area contributed by atoms with Gasteiger partial charge in [0.05, 0.1) is 18.6 Å². The van der Waals surface area contributed by atoms with E-state index < -0.39 is 0 Å². The first-order chi connectivity index (χ1) is 6.24. The molecule has 1 heterocycles. The largest absolute Gasteiger partial charge is 0.387 e. The predicted molar refractivity (Wildman–Crippen MR) is 53.6 cm³/mol. The first-order valence-electron chi connectivity index (χ1n) is 4.51. The first kappa shape index (κ1) is 9.77. The molecule has 0 fully saturated rings. The van der Waals surface area contributed by atoms with Crippen molar-refractivity contribution in [2.45, 2.75) is 33.2 Å². The minimum atomic E-state index is 0.633. The molecule has 0 saturated heterocycles. The monoisotopic (exact) mass is 180 g/mol. The summed E-state index contributed by atoms with van der Waals surface area (Å²) in [5, 5.41) is 6.77. The summed E-state index contributed by atoms with van der Waals surface area (Å²) >= 11 is 0. The van der Waals surface area contributed by atoms with E-state index in [4.69, 9.17) is 5.73 Å². The summed E-state index contributed by atoms with van der Waals surface area (Å²) in [5.74, 6) is 0.725. The summed E-state index contributed by atoms with van der Waals surface area (Å²) in [6, 6.07) is 0. The van der Waals surface area contributed by atoms with Crippen molar-refractivity contribution in [3.63, 3.8) is 0 Å². The van der Waals surface area contributed by atoms with Gasteiger partial charge in [0.1, 0.15) is 0 Å². The quantitative estimate of drug-likeness (QED) is 0.543. The fourth-order valence-electron chi connectivity index (χ4n) is 1.06. The number of aliphatic imine (C=N–C) groups is 1. The van der Waals surface area contributed by atoms with E-state index in [1.807, 2.05) is 6.92 Å². The van der Waals surface area contributed by atoms with Crippen LogP contribution in [0.3, 0.4) is 0 Å². The standard InChI is InChI=1S/C9H16N4/c1-3-4-9(10)11-5-8-6-12-13-7(8)2/h6H,3-5H2,1-2H3,(H2,10,11)(H,12,13). The lowest BCUT2D eigenvalue weighted by Crippen LogP contribution is -2.11. The van der Waals surface area contributed by atoms with Crippen molar-refractivity contribution in [2.75, 3.05) is 0 Å². The van der Waals surface area contributed by atoms with Crippen molar-refractivity contribution in [1.29, 1.82) is 0 Å². The lowest BCUT2D eigenvalue weighted by atomic mass is 10.2. The molecule has 4 heteroatoms. The summed E-state index contributed by atoms with van der Waals surface area (Å²) in [6.07, 6.45) is 3.70.